The summed E-state index contributed by atoms with van der Waals surface area (Å²) in [6, 6.07) is 0. The number of alkyl halides is 1. The molecular weight excluding hydrogens is 331 g/mol. The first-order valence-corrected chi connectivity index (χ1v) is 12.6. The van der Waals surface area contributed by atoms with E-state index >= 15 is 0 Å². The highest BCUT2D eigenvalue weighted by Gasteiger charge is 2.60. The molecule has 0 aliphatic heterocycles. The Bertz CT molecular complexity index is 514. The summed E-state index contributed by atoms with van der Waals surface area (Å²) < 4.78 is 14.4. The minimum absolute atomic E-state index is 0.430. The van der Waals surface area contributed by atoms with Gasteiger partial charge in [-0.1, -0.05) is 53.4 Å². The molecule has 0 aromatic heterocycles. The van der Waals surface area contributed by atoms with E-state index in [-0.39, 0.29) is 0 Å². The van der Waals surface area contributed by atoms with Crippen molar-refractivity contribution in [2.24, 2.45) is 46.3 Å². The zero-order valence-electron chi connectivity index (χ0n) is 18.6. The Morgan fingerprint density at radius 3 is 2.37 bits per heavy atom. The molecule has 0 nitrogen and oxygen atoms in total. The van der Waals surface area contributed by atoms with Crippen LogP contribution in [0.2, 0.25) is 0 Å². The van der Waals surface area contributed by atoms with E-state index in [1.165, 1.54) is 70.6 Å². The normalized spacial score (nSPS) is 52.6. The largest absolute Gasteiger partial charge is 0.247 e. The van der Waals surface area contributed by atoms with Gasteiger partial charge in [-0.2, -0.15) is 0 Å². The third kappa shape index (κ3) is 3.22. The van der Waals surface area contributed by atoms with Gasteiger partial charge in [0.25, 0.3) is 0 Å². The van der Waals surface area contributed by atoms with Crippen molar-refractivity contribution in [1.82, 2.24) is 0 Å². The first-order chi connectivity index (χ1) is 12.9. The number of fused-ring (bicyclic) bond motifs is 5. The summed E-state index contributed by atoms with van der Waals surface area (Å²) in [5, 5.41) is 0. The zero-order chi connectivity index (χ0) is 19.2. The van der Waals surface area contributed by atoms with Crippen LogP contribution in [0.1, 0.15) is 111 Å². The minimum atomic E-state index is -0.519. The van der Waals surface area contributed by atoms with Crippen LogP contribution in [0.3, 0.4) is 0 Å². The molecule has 0 radical (unpaired) electrons. The molecular formula is C26H45F. The lowest BCUT2D eigenvalue weighted by Gasteiger charge is -2.59. The van der Waals surface area contributed by atoms with Crippen molar-refractivity contribution < 1.29 is 4.39 Å². The molecule has 0 bridgehead atoms. The predicted molar refractivity (Wildman–Crippen MR) is 113 cm³/mol. The second kappa shape index (κ2) is 7.64. The van der Waals surface area contributed by atoms with Crippen molar-refractivity contribution in [3.8, 4) is 0 Å². The average molecular weight is 377 g/mol. The SMILES string of the molecule is CCCCC1CCC2C3C[C@H](CC)C4C[C@H](F)CCC4(C)[C@H]3CCCC12C. The summed E-state index contributed by atoms with van der Waals surface area (Å²) in [5.74, 6) is 5.21. The summed E-state index contributed by atoms with van der Waals surface area (Å²) in [4.78, 5) is 0. The van der Waals surface area contributed by atoms with E-state index in [1.54, 1.807) is 0 Å². The molecule has 4 rings (SSSR count). The Labute approximate surface area is 168 Å². The molecule has 4 aliphatic carbocycles. The fraction of sp³-hybridized carbons (Fsp3) is 1.00. The first kappa shape index (κ1) is 20.2. The highest BCUT2D eigenvalue weighted by molar-refractivity contribution is 5.09. The molecule has 156 valence electrons. The van der Waals surface area contributed by atoms with E-state index in [0.29, 0.717) is 16.7 Å². The average Bonchev–Trinajstić information content (AvgIpc) is 2.89. The molecule has 4 aliphatic rings. The van der Waals surface area contributed by atoms with Gasteiger partial charge in [0.15, 0.2) is 0 Å². The highest BCUT2D eigenvalue weighted by atomic mass is 19.1. The highest BCUT2D eigenvalue weighted by Crippen LogP contribution is 2.67. The molecule has 0 heterocycles. The van der Waals surface area contributed by atoms with Gasteiger partial charge in [-0.05, 0) is 104 Å². The van der Waals surface area contributed by atoms with Crippen LogP contribution in [0.25, 0.3) is 0 Å². The number of hydrogen-bond acceptors (Lipinski definition) is 0. The number of unbranched alkanes of at least 4 members (excludes halogenated alkanes) is 1. The van der Waals surface area contributed by atoms with Crippen molar-refractivity contribution in [2.45, 2.75) is 117 Å². The Hall–Kier alpha value is -0.0700. The van der Waals surface area contributed by atoms with Gasteiger partial charge in [0, 0.05) is 0 Å². The van der Waals surface area contributed by atoms with Crippen LogP contribution < -0.4 is 0 Å². The summed E-state index contributed by atoms with van der Waals surface area (Å²) >= 11 is 0. The van der Waals surface area contributed by atoms with Gasteiger partial charge in [0.2, 0.25) is 0 Å². The fourth-order valence-electron chi connectivity index (χ4n) is 9.18. The van der Waals surface area contributed by atoms with Crippen LogP contribution in [0.4, 0.5) is 4.39 Å². The van der Waals surface area contributed by atoms with Crippen LogP contribution >= 0.6 is 0 Å². The van der Waals surface area contributed by atoms with Gasteiger partial charge in [-0.25, -0.2) is 4.39 Å². The van der Waals surface area contributed by atoms with Gasteiger partial charge in [0.1, 0.15) is 6.17 Å². The molecule has 0 aromatic carbocycles. The van der Waals surface area contributed by atoms with Crippen molar-refractivity contribution in [2.75, 3.05) is 0 Å². The van der Waals surface area contributed by atoms with Crippen LogP contribution in [0.5, 0.6) is 0 Å². The van der Waals surface area contributed by atoms with Gasteiger partial charge in [-0.3, -0.25) is 0 Å². The smallest absolute Gasteiger partial charge is 0.100 e. The second-order valence-corrected chi connectivity index (χ2v) is 11.6. The monoisotopic (exact) mass is 376 g/mol. The lowest BCUT2D eigenvalue weighted by atomic mass is 9.46. The van der Waals surface area contributed by atoms with Crippen molar-refractivity contribution in [3.05, 3.63) is 0 Å². The Morgan fingerprint density at radius 2 is 1.63 bits per heavy atom. The molecule has 0 spiro atoms. The minimum Gasteiger partial charge on any atom is -0.247 e. The third-order valence-corrected chi connectivity index (χ3v) is 10.6. The van der Waals surface area contributed by atoms with Crippen LogP contribution in [0, 0.1) is 46.3 Å². The Balaban J connectivity index is 1.64. The fourth-order valence-corrected chi connectivity index (χ4v) is 9.18. The van der Waals surface area contributed by atoms with Crippen molar-refractivity contribution in [3.63, 3.8) is 0 Å². The Kier molecular flexibility index (Phi) is 5.72. The van der Waals surface area contributed by atoms with Gasteiger partial charge >= 0.3 is 0 Å². The van der Waals surface area contributed by atoms with Gasteiger partial charge in [0.05, 0.1) is 0 Å². The van der Waals surface area contributed by atoms with E-state index in [1.807, 2.05) is 0 Å². The summed E-state index contributed by atoms with van der Waals surface area (Å²) in [7, 11) is 0. The maximum absolute atomic E-state index is 14.4. The quantitative estimate of drug-likeness (QED) is 0.464. The van der Waals surface area contributed by atoms with Crippen LogP contribution in [-0.4, -0.2) is 6.17 Å². The van der Waals surface area contributed by atoms with Crippen LogP contribution in [0.15, 0.2) is 0 Å². The van der Waals surface area contributed by atoms with E-state index in [4.69, 9.17) is 0 Å². The summed E-state index contributed by atoms with van der Waals surface area (Å²) in [5.41, 5.74) is 1.03. The number of rotatable bonds is 4. The summed E-state index contributed by atoms with van der Waals surface area (Å²) in [6.07, 6.45) is 16.7. The van der Waals surface area contributed by atoms with E-state index in [9.17, 15) is 4.39 Å². The lowest BCUT2D eigenvalue weighted by Crippen LogP contribution is -2.53. The number of hydrogen-bond donors (Lipinski definition) is 0. The van der Waals surface area contributed by atoms with Crippen molar-refractivity contribution >= 4 is 0 Å². The zero-order valence-corrected chi connectivity index (χ0v) is 18.6. The predicted octanol–water partition coefficient (Wildman–Crippen LogP) is 8.20. The third-order valence-electron chi connectivity index (χ3n) is 10.6. The molecule has 0 saturated heterocycles. The topological polar surface area (TPSA) is 0 Å². The maximum Gasteiger partial charge on any atom is 0.100 e. The molecule has 9 atom stereocenters. The van der Waals surface area contributed by atoms with Crippen LogP contribution in [-0.2, 0) is 0 Å². The first-order valence-electron chi connectivity index (χ1n) is 12.6. The standard InChI is InChI=1S/C26H45F/c1-5-7-9-19-11-12-23-21-16-18(6-2)24-17-20(27)13-15-26(24,4)22(21)10-8-14-25(19,23)3/h18-24H,5-17H2,1-4H3/t18-,19?,20+,21?,22-,23?,24?,25?,26?/m0/s1. The molecule has 1 heteroatoms. The van der Waals surface area contributed by atoms with E-state index in [0.717, 1.165) is 42.4 Å². The van der Waals surface area contributed by atoms with E-state index < -0.39 is 6.17 Å². The lowest BCUT2D eigenvalue weighted by molar-refractivity contribution is -0.111. The van der Waals surface area contributed by atoms with Gasteiger partial charge in [-0.15, -0.1) is 0 Å². The summed E-state index contributed by atoms with van der Waals surface area (Å²) in [6.45, 7) is 10.0. The molecule has 4 saturated carbocycles. The van der Waals surface area contributed by atoms with E-state index in [2.05, 4.69) is 27.7 Å². The van der Waals surface area contributed by atoms with Crippen molar-refractivity contribution in [1.29, 1.82) is 0 Å². The molecule has 27 heavy (non-hydrogen) atoms. The molecule has 0 aromatic rings. The molecule has 6 unspecified atom stereocenters. The molecule has 0 N–H and O–H groups in total. The number of halogens is 1. The molecule has 0 amide bonds. The molecule has 4 fully saturated rings. The van der Waals surface area contributed by atoms with Gasteiger partial charge < -0.3 is 0 Å². The second-order valence-electron chi connectivity index (χ2n) is 11.6. The maximum atomic E-state index is 14.4. The Morgan fingerprint density at radius 1 is 0.852 bits per heavy atom.